The van der Waals surface area contributed by atoms with Crippen LogP contribution < -0.4 is 0 Å². The zero-order valence-corrected chi connectivity index (χ0v) is 7.94. The van der Waals surface area contributed by atoms with Gasteiger partial charge in [0.25, 0.3) is 0 Å². The molecule has 1 N–H and O–H groups in total. The van der Waals surface area contributed by atoms with Crippen LogP contribution in [0.3, 0.4) is 0 Å². The van der Waals surface area contributed by atoms with E-state index < -0.39 is 0 Å². The molecule has 0 amide bonds. The molecular weight excluding hydrogens is 186 g/mol. The number of hydrogen-bond acceptors (Lipinski definition) is 2. The van der Waals surface area contributed by atoms with E-state index in [4.69, 9.17) is 5.26 Å². The van der Waals surface area contributed by atoms with Gasteiger partial charge < -0.3 is 5.11 Å². The number of nitriles is 1. The summed E-state index contributed by atoms with van der Waals surface area (Å²) < 4.78 is 0. The second-order valence-electron chi connectivity index (χ2n) is 3.15. The van der Waals surface area contributed by atoms with Crippen LogP contribution in [-0.2, 0) is 0 Å². The van der Waals surface area contributed by atoms with E-state index in [1.165, 1.54) is 0 Å². The molecule has 0 heterocycles. The summed E-state index contributed by atoms with van der Waals surface area (Å²) in [5, 5.41) is 17.9. The normalized spacial score (nSPS) is 9.53. The molecule has 0 atom stereocenters. The Bertz CT molecular complexity index is 509. The van der Waals surface area contributed by atoms with Crippen molar-refractivity contribution >= 4 is 0 Å². The molecule has 2 heteroatoms. The van der Waals surface area contributed by atoms with E-state index >= 15 is 0 Å². The van der Waals surface area contributed by atoms with Crippen LogP contribution in [0.4, 0.5) is 0 Å². The predicted molar refractivity (Wildman–Crippen MR) is 57.1 cm³/mol. The molecule has 0 saturated carbocycles. The molecule has 0 unspecified atom stereocenters. The van der Waals surface area contributed by atoms with Crippen molar-refractivity contribution in [2.24, 2.45) is 0 Å². The first-order valence-corrected chi connectivity index (χ1v) is 4.51. The minimum absolute atomic E-state index is 0.216. The topological polar surface area (TPSA) is 44.0 Å². The molecule has 71 valence electrons. The molecule has 2 aromatic carbocycles. The molecule has 0 bridgehead atoms. The van der Waals surface area contributed by atoms with Crippen LogP contribution in [0.15, 0.2) is 42.5 Å². The number of hydrogen-bond donors (Lipinski definition) is 1. The lowest BCUT2D eigenvalue weighted by molar-refractivity contribution is 0.475. The van der Waals surface area contributed by atoms with Crippen LogP contribution >= 0.6 is 0 Å². The number of phenolic OH excluding ortho intramolecular Hbond substituents is 1. The van der Waals surface area contributed by atoms with E-state index in [1.54, 1.807) is 30.3 Å². The Kier molecular flexibility index (Phi) is 2.38. The van der Waals surface area contributed by atoms with Gasteiger partial charge in [0.15, 0.2) is 0 Å². The van der Waals surface area contributed by atoms with Crippen molar-refractivity contribution in [2.75, 3.05) is 0 Å². The van der Waals surface area contributed by atoms with Gasteiger partial charge in [0.05, 0.1) is 11.6 Å². The van der Waals surface area contributed by atoms with Gasteiger partial charge in [-0.1, -0.05) is 18.2 Å². The Morgan fingerprint density at radius 2 is 1.87 bits per heavy atom. The van der Waals surface area contributed by atoms with E-state index in [0.29, 0.717) is 5.56 Å². The summed E-state index contributed by atoms with van der Waals surface area (Å²) >= 11 is 0. The standard InChI is InChI=1S/C13H8NO/c14-9-10-4-6-11(7-5-10)12-2-1-3-13(15)8-12/h1,3-8,15H. The molecule has 0 spiro atoms. The van der Waals surface area contributed by atoms with Crippen LogP contribution in [0, 0.1) is 17.4 Å². The summed E-state index contributed by atoms with van der Waals surface area (Å²) in [5.74, 6) is 0.216. The molecule has 15 heavy (non-hydrogen) atoms. The van der Waals surface area contributed by atoms with Crippen molar-refractivity contribution in [2.45, 2.75) is 0 Å². The van der Waals surface area contributed by atoms with Gasteiger partial charge in [0.1, 0.15) is 5.75 Å². The minimum Gasteiger partial charge on any atom is -0.508 e. The molecule has 0 aliphatic heterocycles. The summed E-state index contributed by atoms with van der Waals surface area (Å²) in [6, 6.07) is 17.1. The van der Waals surface area contributed by atoms with Gasteiger partial charge in [-0.2, -0.15) is 5.26 Å². The number of phenols is 1. The van der Waals surface area contributed by atoms with E-state index in [2.05, 4.69) is 12.1 Å². The lowest BCUT2D eigenvalue weighted by Gasteiger charge is -2.01. The summed E-state index contributed by atoms with van der Waals surface area (Å²) in [6.07, 6.45) is 0. The highest BCUT2D eigenvalue weighted by Gasteiger charge is 1.98. The maximum absolute atomic E-state index is 9.30. The zero-order valence-electron chi connectivity index (χ0n) is 7.94. The molecular formula is C13H8NO. The average Bonchev–Trinajstić information content (AvgIpc) is 2.29. The summed E-state index contributed by atoms with van der Waals surface area (Å²) in [5.41, 5.74) is 2.38. The van der Waals surface area contributed by atoms with E-state index in [-0.39, 0.29) is 5.75 Å². The fourth-order valence-electron chi connectivity index (χ4n) is 1.35. The first-order valence-electron chi connectivity index (χ1n) is 4.51. The van der Waals surface area contributed by atoms with Crippen molar-refractivity contribution in [3.63, 3.8) is 0 Å². The largest absolute Gasteiger partial charge is 0.508 e. The van der Waals surface area contributed by atoms with Crippen LogP contribution in [0.1, 0.15) is 5.56 Å². The molecule has 0 aliphatic carbocycles. The molecule has 1 radical (unpaired) electrons. The molecule has 0 aliphatic rings. The third-order valence-corrected chi connectivity index (χ3v) is 2.11. The second-order valence-corrected chi connectivity index (χ2v) is 3.15. The number of nitrogens with zero attached hydrogens (tertiary/aromatic N) is 1. The number of rotatable bonds is 1. The van der Waals surface area contributed by atoms with Crippen LogP contribution in [0.2, 0.25) is 0 Å². The van der Waals surface area contributed by atoms with Crippen molar-refractivity contribution < 1.29 is 5.11 Å². The first-order chi connectivity index (χ1) is 7.29. The Balaban J connectivity index is 2.42. The monoisotopic (exact) mass is 194 g/mol. The van der Waals surface area contributed by atoms with Crippen LogP contribution in [-0.4, -0.2) is 5.11 Å². The lowest BCUT2D eigenvalue weighted by Crippen LogP contribution is -1.79. The zero-order chi connectivity index (χ0) is 10.7. The molecule has 0 aromatic heterocycles. The lowest BCUT2D eigenvalue weighted by atomic mass is 10.0. The average molecular weight is 194 g/mol. The fraction of sp³-hybridized carbons (Fsp3) is 0. The van der Waals surface area contributed by atoms with Crippen molar-refractivity contribution in [3.8, 4) is 22.9 Å². The van der Waals surface area contributed by atoms with E-state index in [9.17, 15) is 5.11 Å². The van der Waals surface area contributed by atoms with Gasteiger partial charge in [-0.25, -0.2) is 0 Å². The Hall–Kier alpha value is -2.27. The molecule has 0 fully saturated rings. The van der Waals surface area contributed by atoms with Gasteiger partial charge >= 0.3 is 0 Å². The minimum atomic E-state index is 0.216. The Morgan fingerprint density at radius 3 is 2.47 bits per heavy atom. The summed E-state index contributed by atoms with van der Waals surface area (Å²) in [6.45, 7) is 0. The first kappa shape index (κ1) is 9.29. The van der Waals surface area contributed by atoms with Gasteiger partial charge in [0, 0.05) is 0 Å². The van der Waals surface area contributed by atoms with Gasteiger partial charge in [-0.15, -0.1) is 0 Å². The third kappa shape index (κ3) is 1.97. The highest BCUT2D eigenvalue weighted by Crippen LogP contribution is 2.22. The smallest absolute Gasteiger partial charge is 0.116 e. The third-order valence-electron chi connectivity index (χ3n) is 2.11. The fourth-order valence-corrected chi connectivity index (χ4v) is 1.35. The van der Waals surface area contributed by atoms with E-state index in [1.807, 2.05) is 12.1 Å². The Labute approximate surface area is 88.0 Å². The van der Waals surface area contributed by atoms with Gasteiger partial charge in [-0.05, 0) is 41.5 Å². The maximum atomic E-state index is 9.30. The highest BCUT2D eigenvalue weighted by atomic mass is 16.3. The summed E-state index contributed by atoms with van der Waals surface area (Å²) in [4.78, 5) is 0. The molecule has 2 nitrogen and oxygen atoms in total. The van der Waals surface area contributed by atoms with Crippen molar-refractivity contribution in [1.29, 1.82) is 5.26 Å². The highest BCUT2D eigenvalue weighted by molar-refractivity contribution is 5.65. The van der Waals surface area contributed by atoms with E-state index in [0.717, 1.165) is 11.1 Å². The van der Waals surface area contributed by atoms with Crippen LogP contribution in [0.25, 0.3) is 11.1 Å². The Morgan fingerprint density at radius 1 is 1.13 bits per heavy atom. The second kappa shape index (κ2) is 3.85. The van der Waals surface area contributed by atoms with Crippen LogP contribution in [0.5, 0.6) is 5.75 Å². The molecule has 2 aromatic rings. The van der Waals surface area contributed by atoms with Crippen molar-refractivity contribution in [3.05, 3.63) is 54.1 Å². The SMILES string of the molecule is N#Cc1ccc(-c2[c]ccc(O)c2)cc1. The van der Waals surface area contributed by atoms with Gasteiger partial charge in [0.2, 0.25) is 0 Å². The molecule has 0 saturated heterocycles. The van der Waals surface area contributed by atoms with Gasteiger partial charge in [-0.3, -0.25) is 0 Å². The molecule has 2 rings (SSSR count). The number of aromatic hydroxyl groups is 1. The number of benzene rings is 2. The quantitative estimate of drug-likeness (QED) is 0.758. The summed E-state index contributed by atoms with van der Waals surface area (Å²) in [7, 11) is 0. The maximum Gasteiger partial charge on any atom is 0.116 e. The predicted octanol–water partition coefficient (Wildman–Crippen LogP) is 2.73. The van der Waals surface area contributed by atoms with Crippen molar-refractivity contribution in [1.82, 2.24) is 0 Å².